The maximum atomic E-state index is 13.4. The van der Waals surface area contributed by atoms with Gasteiger partial charge in [-0.2, -0.15) is 5.10 Å². The highest BCUT2D eigenvalue weighted by Gasteiger charge is 2.11. The standard InChI is InChI=1S/C12H12ClFN4O/c13-8-1-2-11(14)10(5-8)12(19)16-3-4-18-7-9(15)6-17-18/h1-2,5-7H,3-4,15H2,(H,16,19). The average Bonchev–Trinajstić information content (AvgIpc) is 2.78. The Morgan fingerprint density at radius 1 is 1.53 bits per heavy atom. The minimum Gasteiger partial charge on any atom is -0.396 e. The fourth-order valence-corrected chi connectivity index (χ4v) is 1.72. The van der Waals surface area contributed by atoms with E-state index >= 15 is 0 Å². The van der Waals surface area contributed by atoms with Gasteiger partial charge in [0, 0.05) is 17.8 Å². The second-order valence-corrected chi connectivity index (χ2v) is 4.35. The molecule has 1 heterocycles. The van der Waals surface area contributed by atoms with Crippen molar-refractivity contribution in [1.82, 2.24) is 15.1 Å². The van der Waals surface area contributed by atoms with E-state index in [2.05, 4.69) is 10.4 Å². The Kier molecular flexibility index (Phi) is 4.01. The maximum absolute atomic E-state index is 13.4. The summed E-state index contributed by atoms with van der Waals surface area (Å²) in [4.78, 5) is 11.7. The number of nitrogens with one attached hydrogen (secondary N) is 1. The first-order valence-electron chi connectivity index (χ1n) is 5.57. The molecule has 0 saturated carbocycles. The number of nitrogen functional groups attached to an aromatic ring is 1. The van der Waals surface area contributed by atoms with Crippen LogP contribution in [-0.4, -0.2) is 22.2 Å². The van der Waals surface area contributed by atoms with Gasteiger partial charge in [-0.15, -0.1) is 0 Å². The molecule has 1 aromatic heterocycles. The average molecular weight is 283 g/mol. The number of aromatic nitrogens is 2. The third-order valence-electron chi connectivity index (χ3n) is 2.45. The molecule has 7 heteroatoms. The molecule has 0 fully saturated rings. The van der Waals surface area contributed by atoms with Gasteiger partial charge in [-0.1, -0.05) is 11.6 Å². The second kappa shape index (κ2) is 5.71. The molecule has 5 nitrogen and oxygen atoms in total. The Labute approximate surface area is 114 Å². The van der Waals surface area contributed by atoms with Crippen LogP contribution in [0.1, 0.15) is 10.4 Å². The van der Waals surface area contributed by atoms with Gasteiger partial charge >= 0.3 is 0 Å². The third-order valence-corrected chi connectivity index (χ3v) is 2.69. The highest BCUT2D eigenvalue weighted by Crippen LogP contribution is 2.14. The van der Waals surface area contributed by atoms with E-state index in [1.165, 1.54) is 18.3 Å². The lowest BCUT2D eigenvalue weighted by Crippen LogP contribution is -2.28. The van der Waals surface area contributed by atoms with Gasteiger partial charge < -0.3 is 11.1 Å². The van der Waals surface area contributed by atoms with E-state index in [0.717, 1.165) is 6.07 Å². The molecule has 3 N–H and O–H groups in total. The van der Waals surface area contributed by atoms with E-state index in [1.54, 1.807) is 10.9 Å². The van der Waals surface area contributed by atoms with E-state index in [1.807, 2.05) is 0 Å². The number of carbonyl (C=O) groups is 1. The molecule has 0 aliphatic heterocycles. The molecule has 0 saturated heterocycles. The number of nitrogens with two attached hydrogens (primary N) is 1. The minimum atomic E-state index is -0.606. The van der Waals surface area contributed by atoms with Crippen molar-refractivity contribution < 1.29 is 9.18 Å². The summed E-state index contributed by atoms with van der Waals surface area (Å²) in [6.45, 7) is 0.761. The van der Waals surface area contributed by atoms with Crippen LogP contribution in [0.15, 0.2) is 30.6 Å². The van der Waals surface area contributed by atoms with Crippen molar-refractivity contribution in [3.63, 3.8) is 0 Å². The SMILES string of the molecule is Nc1cnn(CCNC(=O)c2cc(Cl)ccc2F)c1. The van der Waals surface area contributed by atoms with Gasteiger partial charge in [-0.3, -0.25) is 9.48 Å². The number of rotatable bonds is 4. The zero-order chi connectivity index (χ0) is 13.8. The van der Waals surface area contributed by atoms with Crippen molar-refractivity contribution in [2.75, 3.05) is 12.3 Å². The summed E-state index contributed by atoms with van der Waals surface area (Å²) >= 11 is 5.72. The molecule has 0 atom stereocenters. The number of halogens is 2. The van der Waals surface area contributed by atoms with E-state index in [-0.39, 0.29) is 5.56 Å². The highest BCUT2D eigenvalue weighted by atomic mass is 35.5. The lowest BCUT2D eigenvalue weighted by Gasteiger charge is -2.06. The molecule has 1 amide bonds. The summed E-state index contributed by atoms with van der Waals surface area (Å²) in [6.07, 6.45) is 3.16. The quantitative estimate of drug-likeness (QED) is 0.896. The van der Waals surface area contributed by atoms with Crippen LogP contribution in [-0.2, 0) is 6.54 Å². The van der Waals surface area contributed by atoms with Crippen LogP contribution in [0, 0.1) is 5.82 Å². The smallest absolute Gasteiger partial charge is 0.254 e. The minimum absolute atomic E-state index is 0.0764. The lowest BCUT2D eigenvalue weighted by atomic mass is 10.2. The largest absolute Gasteiger partial charge is 0.396 e. The molecule has 2 aromatic rings. The molecule has 1 aromatic carbocycles. The lowest BCUT2D eigenvalue weighted by molar-refractivity contribution is 0.0948. The number of hydrogen-bond donors (Lipinski definition) is 2. The first-order valence-corrected chi connectivity index (χ1v) is 5.95. The van der Waals surface area contributed by atoms with Crippen LogP contribution in [0.3, 0.4) is 0 Å². The summed E-state index contributed by atoms with van der Waals surface area (Å²) in [6, 6.07) is 3.84. The molecular formula is C12H12ClFN4O. The van der Waals surface area contributed by atoms with Gasteiger partial charge in [0.1, 0.15) is 5.82 Å². The van der Waals surface area contributed by atoms with Crippen molar-refractivity contribution in [3.05, 3.63) is 47.0 Å². The molecule has 19 heavy (non-hydrogen) atoms. The maximum Gasteiger partial charge on any atom is 0.254 e. The van der Waals surface area contributed by atoms with Crippen LogP contribution in [0.25, 0.3) is 0 Å². The van der Waals surface area contributed by atoms with E-state index in [4.69, 9.17) is 17.3 Å². The number of amides is 1. The van der Waals surface area contributed by atoms with E-state index < -0.39 is 11.7 Å². The monoisotopic (exact) mass is 282 g/mol. The molecule has 100 valence electrons. The molecule has 0 aliphatic carbocycles. The molecule has 0 unspecified atom stereocenters. The molecule has 0 radical (unpaired) electrons. The summed E-state index contributed by atoms with van der Waals surface area (Å²) < 4.78 is 15.0. The number of carbonyl (C=O) groups excluding carboxylic acids is 1. The fraction of sp³-hybridized carbons (Fsp3) is 0.167. The van der Waals surface area contributed by atoms with E-state index in [0.29, 0.717) is 23.8 Å². The van der Waals surface area contributed by atoms with Crippen LogP contribution >= 0.6 is 11.6 Å². The van der Waals surface area contributed by atoms with Gasteiger partial charge in [-0.25, -0.2) is 4.39 Å². The molecule has 0 aliphatic rings. The predicted octanol–water partition coefficient (Wildman–Crippen LogP) is 1.69. The summed E-state index contributed by atoms with van der Waals surface area (Å²) in [5, 5.41) is 6.86. The van der Waals surface area contributed by atoms with Gasteiger partial charge in [0.15, 0.2) is 0 Å². The van der Waals surface area contributed by atoms with Crippen LogP contribution in [0.2, 0.25) is 5.02 Å². The van der Waals surface area contributed by atoms with Crippen molar-refractivity contribution >= 4 is 23.2 Å². The first kappa shape index (κ1) is 13.4. The summed E-state index contributed by atoms with van der Waals surface area (Å²) in [7, 11) is 0. The third kappa shape index (κ3) is 3.45. The first-order chi connectivity index (χ1) is 9.06. The van der Waals surface area contributed by atoms with Crippen molar-refractivity contribution in [3.8, 4) is 0 Å². The Morgan fingerprint density at radius 3 is 3.00 bits per heavy atom. The Balaban J connectivity index is 1.92. The zero-order valence-corrected chi connectivity index (χ0v) is 10.7. The fourth-order valence-electron chi connectivity index (χ4n) is 1.55. The van der Waals surface area contributed by atoms with Crippen molar-refractivity contribution in [2.45, 2.75) is 6.54 Å². The van der Waals surface area contributed by atoms with Gasteiger partial charge in [0.2, 0.25) is 0 Å². The van der Waals surface area contributed by atoms with Crippen molar-refractivity contribution in [2.24, 2.45) is 0 Å². The Morgan fingerprint density at radius 2 is 2.32 bits per heavy atom. The normalized spacial score (nSPS) is 10.4. The van der Waals surface area contributed by atoms with Crippen molar-refractivity contribution in [1.29, 1.82) is 0 Å². The van der Waals surface area contributed by atoms with E-state index in [9.17, 15) is 9.18 Å². The predicted molar refractivity (Wildman–Crippen MR) is 70.4 cm³/mol. The van der Waals surface area contributed by atoms with Gasteiger partial charge in [0.25, 0.3) is 5.91 Å². The second-order valence-electron chi connectivity index (χ2n) is 3.92. The molecular weight excluding hydrogens is 271 g/mol. The summed E-state index contributed by atoms with van der Waals surface area (Å²) in [5.74, 6) is -1.12. The van der Waals surface area contributed by atoms with Gasteiger partial charge in [-0.05, 0) is 18.2 Å². The Hall–Kier alpha value is -2.08. The number of benzene rings is 1. The zero-order valence-electron chi connectivity index (χ0n) is 9.94. The molecule has 0 bridgehead atoms. The number of anilines is 1. The highest BCUT2D eigenvalue weighted by molar-refractivity contribution is 6.30. The topological polar surface area (TPSA) is 72.9 Å². The number of nitrogens with zero attached hydrogens (tertiary/aromatic N) is 2. The molecule has 2 rings (SSSR count). The van der Waals surface area contributed by atoms with Gasteiger partial charge in [0.05, 0.1) is 24.0 Å². The van der Waals surface area contributed by atoms with Crippen LogP contribution in [0.5, 0.6) is 0 Å². The van der Waals surface area contributed by atoms with Crippen LogP contribution < -0.4 is 11.1 Å². The Bertz CT molecular complexity index is 599. The van der Waals surface area contributed by atoms with Crippen LogP contribution in [0.4, 0.5) is 10.1 Å². The molecule has 0 spiro atoms. The summed E-state index contributed by atoms with van der Waals surface area (Å²) in [5.41, 5.74) is 5.97. The number of hydrogen-bond acceptors (Lipinski definition) is 3.